The van der Waals surface area contributed by atoms with E-state index in [1.807, 2.05) is 0 Å². The van der Waals surface area contributed by atoms with Gasteiger partial charge in [0.05, 0.1) is 11.0 Å². The van der Waals surface area contributed by atoms with Crippen LogP contribution in [0.5, 0.6) is 0 Å². The molecule has 1 atom stereocenters. The maximum absolute atomic E-state index is 11.8. The van der Waals surface area contributed by atoms with Crippen molar-refractivity contribution in [2.24, 2.45) is 0 Å². The topological polar surface area (TPSA) is 93.5 Å². The van der Waals surface area contributed by atoms with Crippen molar-refractivity contribution < 1.29 is 14.5 Å². The van der Waals surface area contributed by atoms with Crippen molar-refractivity contribution in [3.05, 3.63) is 33.4 Å². The molecule has 114 valence electrons. The van der Waals surface area contributed by atoms with Gasteiger partial charge in [-0.05, 0) is 38.3 Å². The van der Waals surface area contributed by atoms with Gasteiger partial charge >= 0.3 is 6.03 Å². The molecule has 1 heterocycles. The van der Waals surface area contributed by atoms with Gasteiger partial charge in [-0.3, -0.25) is 10.1 Å². The van der Waals surface area contributed by atoms with E-state index in [1.165, 1.54) is 6.07 Å². The monoisotopic (exact) mass is 293 g/mol. The number of anilines is 1. The highest BCUT2D eigenvalue weighted by atomic mass is 16.6. The van der Waals surface area contributed by atoms with E-state index in [0.29, 0.717) is 23.4 Å². The van der Waals surface area contributed by atoms with Gasteiger partial charge in [0.25, 0.3) is 5.69 Å². The Morgan fingerprint density at radius 1 is 1.43 bits per heavy atom. The Labute approximate surface area is 122 Å². The lowest BCUT2D eigenvalue weighted by molar-refractivity contribution is -0.385. The predicted molar refractivity (Wildman–Crippen MR) is 78.6 cm³/mol. The van der Waals surface area contributed by atoms with Gasteiger partial charge in [-0.25, -0.2) is 4.79 Å². The van der Waals surface area contributed by atoms with Gasteiger partial charge in [-0.1, -0.05) is 0 Å². The number of hydrogen-bond donors (Lipinski definition) is 2. The van der Waals surface area contributed by atoms with Crippen LogP contribution >= 0.6 is 0 Å². The Kier molecular flexibility index (Phi) is 4.74. The molecular weight excluding hydrogens is 274 g/mol. The van der Waals surface area contributed by atoms with E-state index < -0.39 is 4.92 Å². The lowest BCUT2D eigenvalue weighted by Crippen LogP contribution is -2.35. The van der Waals surface area contributed by atoms with Crippen molar-refractivity contribution in [3.8, 4) is 0 Å². The normalized spacial score (nSPS) is 17.5. The van der Waals surface area contributed by atoms with Gasteiger partial charge in [-0.2, -0.15) is 0 Å². The number of ether oxygens (including phenoxy) is 1. The third kappa shape index (κ3) is 3.91. The zero-order chi connectivity index (χ0) is 15.4. The summed E-state index contributed by atoms with van der Waals surface area (Å²) in [5.74, 6) is 0. The summed E-state index contributed by atoms with van der Waals surface area (Å²) in [6.07, 6.45) is 2.06. The SMILES string of the molecule is Cc1cc([N+](=O)[O-])c(C)cc1NC(=O)NC[C@H]1CCCO1. The van der Waals surface area contributed by atoms with Crippen LogP contribution in [0.25, 0.3) is 0 Å². The number of nitro groups is 1. The molecule has 0 saturated carbocycles. The molecule has 1 fully saturated rings. The first-order valence-corrected chi connectivity index (χ1v) is 6.89. The van der Waals surface area contributed by atoms with E-state index in [-0.39, 0.29) is 17.8 Å². The summed E-state index contributed by atoms with van der Waals surface area (Å²) in [6.45, 7) is 4.58. The van der Waals surface area contributed by atoms with Crippen LogP contribution in [-0.4, -0.2) is 30.2 Å². The number of amides is 2. The van der Waals surface area contributed by atoms with E-state index in [4.69, 9.17) is 4.74 Å². The molecule has 1 saturated heterocycles. The fraction of sp³-hybridized carbons (Fsp3) is 0.500. The third-order valence-electron chi connectivity index (χ3n) is 3.50. The number of aryl methyl sites for hydroxylation is 2. The second kappa shape index (κ2) is 6.53. The highest BCUT2D eigenvalue weighted by Gasteiger charge is 2.17. The zero-order valence-electron chi connectivity index (χ0n) is 12.1. The number of rotatable bonds is 4. The van der Waals surface area contributed by atoms with Gasteiger partial charge in [0.2, 0.25) is 0 Å². The van der Waals surface area contributed by atoms with Crippen LogP contribution in [0.15, 0.2) is 12.1 Å². The summed E-state index contributed by atoms with van der Waals surface area (Å²) >= 11 is 0. The van der Waals surface area contributed by atoms with Crippen molar-refractivity contribution in [1.82, 2.24) is 5.32 Å². The van der Waals surface area contributed by atoms with Crippen LogP contribution in [0, 0.1) is 24.0 Å². The molecule has 7 nitrogen and oxygen atoms in total. The second-order valence-corrected chi connectivity index (χ2v) is 5.18. The van der Waals surface area contributed by atoms with Crippen LogP contribution in [0.2, 0.25) is 0 Å². The van der Waals surface area contributed by atoms with Crippen molar-refractivity contribution in [1.29, 1.82) is 0 Å². The molecule has 0 aromatic heterocycles. The van der Waals surface area contributed by atoms with Crippen LogP contribution in [0.1, 0.15) is 24.0 Å². The Morgan fingerprint density at radius 3 is 2.81 bits per heavy atom. The van der Waals surface area contributed by atoms with E-state index in [0.717, 1.165) is 19.4 Å². The minimum Gasteiger partial charge on any atom is -0.376 e. The molecule has 1 aliphatic heterocycles. The minimum absolute atomic E-state index is 0.0535. The third-order valence-corrected chi connectivity index (χ3v) is 3.50. The summed E-state index contributed by atoms with van der Waals surface area (Å²) in [4.78, 5) is 22.3. The van der Waals surface area contributed by atoms with Crippen molar-refractivity contribution in [2.75, 3.05) is 18.5 Å². The number of hydrogen-bond acceptors (Lipinski definition) is 4. The van der Waals surface area contributed by atoms with Crippen LogP contribution in [-0.2, 0) is 4.74 Å². The van der Waals surface area contributed by atoms with E-state index in [2.05, 4.69) is 10.6 Å². The quantitative estimate of drug-likeness (QED) is 0.659. The molecule has 0 aliphatic carbocycles. The fourth-order valence-corrected chi connectivity index (χ4v) is 2.31. The minimum atomic E-state index is -0.427. The van der Waals surface area contributed by atoms with Gasteiger partial charge < -0.3 is 15.4 Å². The van der Waals surface area contributed by atoms with Gasteiger partial charge in [-0.15, -0.1) is 0 Å². The molecule has 2 rings (SSSR count). The smallest absolute Gasteiger partial charge is 0.319 e. The van der Waals surface area contributed by atoms with Crippen molar-refractivity contribution in [2.45, 2.75) is 32.8 Å². The Bertz CT molecular complexity index is 553. The Hall–Kier alpha value is -2.15. The Morgan fingerprint density at radius 2 is 2.19 bits per heavy atom. The second-order valence-electron chi connectivity index (χ2n) is 5.18. The molecule has 1 aromatic rings. The summed E-state index contributed by atoms with van der Waals surface area (Å²) in [5, 5.41) is 16.3. The average molecular weight is 293 g/mol. The molecule has 1 aromatic carbocycles. The molecule has 0 spiro atoms. The lowest BCUT2D eigenvalue weighted by Gasteiger charge is -2.13. The standard InChI is InChI=1S/C14H19N3O4/c1-9-7-13(17(19)20)10(2)6-12(9)16-14(18)15-8-11-4-3-5-21-11/h6-7,11H,3-5,8H2,1-2H3,(H2,15,16,18)/t11-/m1/s1. The number of benzene rings is 1. The van der Waals surface area contributed by atoms with Gasteiger partial charge in [0.15, 0.2) is 0 Å². The van der Waals surface area contributed by atoms with E-state index >= 15 is 0 Å². The first-order valence-electron chi connectivity index (χ1n) is 6.89. The summed E-state index contributed by atoms with van der Waals surface area (Å²) in [7, 11) is 0. The number of carbonyl (C=O) groups excluding carboxylic acids is 1. The van der Waals surface area contributed by atoms with Crippen LogP contribution in [0.4, 0.5) is 16.2 Å². The number of nitrogens with one attached hydrogen (secondary N) is 2. The molecule has 2 N–H and O–H groups in total. The molecule has 2 amide bonds. The van der Waals surface area contributed by atoms with Gasteiger partial charge in [0, 0.05) is 30.5 Å². The first kappa shape index (κ1) is 15.2. The van der Waals surface area contributed by atoms with E-state index in [9.17, 15) is 14.9 Å². The first-order chi connectivity index (χ1) is 9.97. The summed E-state index contributed by atoms with van der Waals surface area (Å²) in [6, 6.07) is 2.74. The molecule has 7 heteroatoms. The van der Waals surface area contributed by atoms with Crippen molar-refractivity contribution >= 4 is 17.4 Å². The maximum Gasteiger partial charge on any atom is 0.319 e. The molecular formula is C14H19N3O4. The number of urea groups is 1. The maximum atomic E-state index is 11.8. The van der Waals surface area contributed by atoms with Crippen molar-refractivity contribution in [3.63, 3.8) is 0 Å². The summed E-state index contributed by atoms with van der Waals surface area (Å²) in [5.41, 5.74) is 1.79. The number of nitrogens with zero attached hydrogens (tertiary/aromatic N) is 1. The fourth-order valence-electron chi connectivity index (χ4n) is 2.31. The number of nitro benzene ring substituents is 1. The Balaban J connectivity index is 1.96. The molecule has 21 heavy (non-hydrogen) atoms. The highest BCUT2D eigenvalue weighted by Crippen LogP contribution is 2.25. The number of carbonyl (C=O) groups is 1. The largest absolute Gasteiger partial charge is 0.376 e. The lowest BCUT2D eigenvalue weighted by atomic mass is 10.1. The van der Waals surface area contributed by atoms with Gasteiger partial charge in [0.1, 0.15) is 0 Å². The van der Waals surface area contributed by atoms with Crippen LogP contribution < -0.4 is 10.6 Å². The molecule has 1 aliphatic rings. The summed E-state index contributed by atoms with van der Waals surface area (Å²) < 4.78 is 5.42. The van der Waals surface area contributed by atoms with E-state index in [1.54, 1.807) is 19.9 Å². The molecule has 0 unspecified atom stereocenters. The zero-order valence-corrected chi connectivity index (χ0v) is 12.1. The molecule has 0 radical (unpaired) electrons. The van der Waals surface area contributed by atoms with Crippen LogP contribution in [0.3, 0.4) is 0 Å². The predicted octanol–water partition coefficient (Wildman–Crippen LogP) is 2.51. The average Bonchev–Trinajstić information content (AvgIpc) is 2.93. The highest BCUT2D eigenvalue weighted by molar-refractivity contribution is 5.90. The molecule has 0 bridgehead atoms.